The number of amides is 3. The Hall–Kier alpha value is -1.17. The van der Waals surface area contributed by atoms with Crippen LogP contribution in [0.3, 0.4) is 0 Å². The first-order chi connectivity index (χ1) is 16.0. The minimum atomic E-state index is -0.0785. The molecular weight excluding hydrogens is 412 g/mol. The van der Waals surface area contributed by atoms with Gasteiger partial charge < -0.3 is 20.3 Å². The molecule has 3 aliphatic rings. The molecule has 1 aliphatic carbocycles. The van der Waals surface area contributed by atoms with E-state index in [4.69, 9.17) is 4.74 Å². The zero-order chi connectivity index (χ0) is 23.5. The molecule has 0 bridgehead atoms. The molecule has 0 radical (unpaired) electrons. The zero-order valence-corrected chi connectivity index (χ0v) is 21.3. The molecule has 3 unspecified atom stereocenters. The van der Waals surface area contributed by atoms with Gasteiger partial charge in [-0.15, -0.1) is 0 Å². The highest BCUT2D eigenvalue weighted by atomic mass is 16.5. The lowest BCUT2D eigenvalue weighted by molar-refractivity contribution is -0.139. The Labute approximate surface area is 203 Å². The monoisotopic (exact) mass is 459 g/mol. The van der Waals surface area contributed by atoms with Gasteiger partial charge in [-0.25, -0.2) is 4.79 Å². The normalized spacial score (nSPS) is 26.7. The Morgan fingerprint density at radius 2 is 1.91 bits per heavy atom. The Kier molecular flexibility index (Phi) is 10.9. The average Bonchev–Trinajstić information content (AvgIpc) is 2.91. The van der Waals surface area contributed by atoms with Crippen LogP contribution < -0.4 is 10.6 Å². The lowest BCUT2D eigenvalue weighted by atomic mass is 9.34. The van der Waals surface area contributed by atoms with Crippen molar-refractivity contribution >= 4 is 27.1 Å². The van der Waals surface area contributed by atoms with Gasteiger partial charge >= 0.3 is 6.03 Å². The number of carbonyl (C=O) groups excluding carboxylic acids is 2. The molecule has 0 spiro atoms. The van der Waals surface area contributed by atoms with E-state index in [1.807, 2.05) is 4.90 Å². The molecule has 2 saturated heterocycles. The zero-order valence-electron chi connectivity index (χ0n) is 21.3. The Balaban J connectivity index is 1.41. The molecule has 2 N–H and O–H groups in total. The number of hydrogen-bond donors (Lipinski definition) is 2. The number of piperidine rings is 1. The highest BCUT2D eigenvalue weighted by molar-refractivity contribution is 6.55. The van der Waals surface area contributed by atoms with Crippen LogP contribution in [-0.4, -0.2) is 70.4 Å². The van der Waals surface area contributed by atoms with Crippen molar-refractivity contribution < 1.29 is 14.3 Å². The van der Waals surface area contributed by atoms with Gasteiger partial charge in [0.1, 0.15) is 13.9 Å². The number of unbranched alkanes of at least 4 members (excludes halogenated alkanes) is 1. The summed E-state index contributed by atoms with van der Waals surface area (Å²) in [5.74, 6) is 0.697. The number of urea groups is 1. The highest BCUT2D eigenvalue weighted by Crippen LogP contribution is 2.40. The smallest absolute Gasteiger partial charge is 0.317 e. The van der Waals surface area contributed by atoms with Crippen molar-refractivity contribution in [3.05, 3.63) is 0 Å². The first kappa shape index (κ1) is 26.4. The van der Waals surface area contributed by atoms with Crippen LogP contribution in [0.25, 0.3) is 0 Å². The SMILES string of the molecule is BC1(BC(CCCC)CCCNC(=O)N2CCC3OCC(=O)NC3C2)CCCCCCCC1. The van der Waals surface area contributed by atoms with Gasteiger partial charge in [-0.3, -0.25) is 4.79 Å². The summed E-state index contributed by atoms with van der Waals surface area (Å²) in [4.78, 5) is 26.1. The van der Waals surface area contributed by atoms with Crippen LogP contribution in [0, 0.1) is 0 Å². The fraction of sp³-hybridized carbons (Fsp3) is 0.920. The highest BCUT2D eigenvalue weighted by Gasteiger charge is 2.36. The van der Waals surface area contributed by atoms with Gasteiger partial charge in [0.05, 0.1) is 20.0 Å². The summed E-state index contributed by atoms with van der Waals surface area (Å²) in [7, 11) is 3.91. The minimum absolute atomic E-state index is 0.00149. The van der Waals surface area contributed by atoms with Crippen molar-refractivity contribution in [3.63, 3.8) is 0 Å². The van der Waals surface area contributed by atoms with Crippen LogP contribution in [0.5, 0.6) is 0 Å². The van der Waals surface area contributed by atoms with Crippen molar-refractivity contribution in [2.75, 3.05) is 26.2 Å². The second kappa shape index (κ2) is 13.7. The summed E-state index contributed by atoms with van der Waals surface area (Å²) in [6.45, 7) is 4.42. The molecule has 3 fully saturated rings. The van der Waals surface area contributed by atoms with Gasteiger partial charge in [0.25, 0.3) is 0 Å². The van der Waals surface area contributed by atoms with Gasteiger partial charge in [0.2, 0.25) is 5.91 Å². The molecule has 1 saturated carbocycles. The number of ether oxygens (including phenoxy) is 1. The van der Waals surface area contributed by atoms with E-state index in [1.165, 1.54) is 84.3 Å². The van der Waals surface area contributed by atoms with Crippen LogP contribution in [0.4, 0.5) is 4.79 Å². The second-order valence-corrected chi connectivity index (χ2v) is 11.3. The minimum Gasteiger partial charge on any atom is -0.366 e. The van der Waals surface area contributed by atoms with E-state index in [0.29, 0.717) is 18.3 Å². The second-order valence-electron chi connectivity index (χ2n) is 11.3. The van der Waals surface area contributed by atoms with Crippen LogP contribution in [-0.2, 0) is 9.53 Å². The Morgan fingerprint density at radius 1 is 1.21 bits per heavy atom. The molecule has 6 nitrogen and oxygen atoms in total. The molecule has 3 amide bonds. The standard InChI is InChI=1S/C25H47B2N3O3/c1-2-3-11-20(27-25(26)14-8-6-4-5-7-9-15-25)12-10-16-28-24(32)30-17-13-22-21(18-30)29-23(31)19-33-22/h20-22,27H,2-19,26H2,1H3,(H,28,32)(H,29,31). The van der Waals surface area contributed by atoms with Gasteiger partial charge in [-0.05, 0) is 12.8 Å². The van der Waals surface area contributed by atoms with Crippen molar-refractivity contribution in [2.45, 2.75) is 120 Å². The molecule has 2 heterocycles. The molecular formula is C25H47B2N3O3. The van der Waals surface area contributed by atoms with Crippen molar-refractivity contribution in [2.24, 2.45) is 0 Å². The third-order valence-electron chi connectivity index (χ3n) is 8.23. The molecule has 8 heteroatoms. The van der Waals surface area contributed by atoms with E-state index in [9.17, 15) is 9.59 Å². The number of morpholine rings is 1. The molecule has 0 aromatic rings. The molecule has 2 aliphatic heterocycles. The van der Waals surface area contributed by atoms with Crippen molar-refractivity contribution in [3.8, 4) is 0 Å². The fourth-order valence-corrected chi connectivity index (χ4v) is 6.26. The number of likely N-dealkylation sites (tertiary alicyclic amines) is 1. The van der Waals surface area contributed by atoms with Crippen LogP contribution >= 0.6 is 0 Å². The number of hydrogen-bond acceptors (Lipinski definition) is 3. The molecule has 3 atom stereocenters. The third kappa shape index (κ3) is 8.84. The van der Waals surface area contributed by atoms with Crippen molar-refractivity contribution in [1.82, 2.24) is 15.5 Å². The van der Waals surface area contributed by atoms with E-state index in [-0.39, 0.29) is 30.7 Å². The molecule has 0 aromatic heterocycles. The first-order valence-corrected chi connectivity index (χ1v) is 13.9. The molecule has 3 rings (SSSR count). The predicted octanol–water partition coefficient (Wildman–Crippen LogP) is 3.36. The Bertz CT molecular complexity index is 612. The average molecular weight is 459 g/mol. The topological polar surface area (TPSA) is 70.7 Å². The number of nitrogens with one attached hydrogen (secondary N) is 2. The number of nitrogens with zero attached hydrogens (tertiary/aromatic N) is 1. The van der Waals surface area contributed by atoms with Gasteiger partial charge in [-0.1, -0.05) is 95.0 Å². The first-order valence-electron chi connectivity index (χ1n) is 13.9. The van der Waals surface area contributed by atoms with Crippen LogP contribution in [0.1, 0.15) is 96.8 Å². The third-order valence-corrected chi connectivity index (χ3v) is 8.23. The Morgan fingerprint density at radius 3 is 2.64 bits per heavy atom. The van der Waals surface area contributed by atoms with Gasteiger partial charge in [0, 0.05) is 19.6 Å². The fourth-order valence-electron chi connectivity index (χ4n) is 6.26. The summed E-state index contributed by atoms with van der Waals surface area (Å²) in [6, 6.07) is -0.0699. The molecule has 186 valence electrons. The summed E-state index contributed by atoms with van der Waals surface area (Å²) >= 11 is 0. The van der Waals surface area contributed by atoms with E-state index in [2.05, 4.69) is 25.4 Å². The molecule has 33 heavy (non-hydrogen) atoms. The maximum absolute atomic E-state index is 12.7. The number of rotatable bonds is 9. The van der Waals surface area contributed by atoms with Crippen LogP contribution in [0.2, 0.25) is 11.0 Å². The van der Waals surface area contributed by atoms with E-state index < -0.39 is 0 Å². The largest absolute Gasteiger partial charge is 0.366 e. The van der Waals surface area contributed by atoms with E-state index in [1.54, 1.807) is 0 Å². The summed E-state index contributed by atoms with van der Waals surface area (Å²) in [5, 5.41) is 6.62. The lowest BCUT2D eigenvalue weighted by Gasteiger charge is -2.41. The van der Waals surface area contributed by atoms with Crippen molar-refractivity contribution in [1.29, 1.82) is 0 Å². The summed E-state index contributed by atoms with van der Waals surface area (Å²) < 4.78 is 5.60. The summed E-state index contributed by atoms with van der Waals surface area (Å²) in [5.41, 5.74) is 0. The lowest BCUT2D eigenvalue weighted by Crippen LogP contribution is -2.62. The van der Waals surface area contributed by atoms with Gasteiger partial charge in [-0.2, -0.15) is 0 Å². The van der Waals surface area contributed by atoms with Gasteiger partial charge in [0.15, 0.2) is 0 Å². The number of fused-ring (bicyclic) bond motifs is 1. The number of carbonyl (C=O) groups is 2. The quantitative estimate of drug-likeness (QED) is 0.411. The van der Waals surface area contributed by atoms with E-state index in [0.717, 1.165) is 25.2 Å². The summed E-state index contributed by atoms with van der Waals surface area (Å²) in [6.07, 6.45) is 18.3. The maximum atomic E-state index is 12.7. The molecule has 0 aromatic carbocycles. The maximum Gasteiger partial charge on any atom is 0.317 e. The predicted molar refractivity (Wildman–Crippen MR) is 139 cm³/mol. The van der Waals surface area contributed by atoms with Crippen LogP contribution in [0.15, 0.2) is 0 Å². The van der Waals surface area contributed by atoms with E-state index >= 15 is 0 Å².